The smallest absolute Gasteiger partial charge is 0.295 e. The van der Waals surface area contributed by atoms with Crippen LogP contribution in [0.5, 0.6) is 0 Å². The Kier molecular flexibility index (Phi) is 3.85. The Balaban J connectivity index is 1.65. The van der Waals surface area contributed by atoms with Crippen LogP contribution in [0, 0.1) is 0 Å². The average Bonchev–Trinajstić information content (AvgIpc) is 3.19. The Bertz CT molecular complexity index is 613. The number of hydrogen-bond acceptors (Lipinski definition) is 4. The predicted molar refractivity (Wildman–Crippen MR) is 81.6 cm³/mol. The van der Waals surface area contributed by atoms with E-state index < -0.39 is 0 Å². The monoisotopic (exact) mass is 285 g/mol. The van der Waals surface area contributed by atoms with Gasteiger partial charge in [-0.15, -0.1) is 5.10 Å². The minimum absolute atomic E-state index is 0.176. The zero-order chi connectivity index (χ0) is 14.7. The topological polar surface area (TPSA) is 73.9 Å². The number of nitrogens with zero attached hydrogens (tertiary/aromatic N) is 3. The van der Waals surface area contributed by atoms with Crippen molar-refractivity contribution in [3.05, 3.63) is 35.9 Å². The number of hydrogen-bond donors (Lipinski definition) is 2. The third-order valence-corrected chi connectivity index (χ3v) is 3.67. The summed E-state index contributed by atoms with van der Waals surface area (Å²) in [7, 11) is 0. The highest BCUT2D eigenvalue weighted by atomic mass is 16.2. The van der Waals surface area contributed by atoms with Gasteiger partial charge < -0.3 is 10.2 Å². The standard InChI is InChI=1S/C15H19N5O/c1-2-13-17-14(19-18-13)15(21)16-11-5-7-12(8-6-11)20-9-3-4-10-20/h5-8H,2-4,9-10H2,1H3,(H,16,21)(H,17,18,19). The number of amides is 1. The molecule has 1 amide bonds. The fourth-order valence-corrected chi connectivity index (χ4v) is 2.47. The zero-order valence-electron chi connectivity index (χ0n) is 12.1. The van der Waals surface area contributed by atoms with Crippen molar-refractivity contribution >= 4 is 17.3 Å². The maximum Gasteiger partial charge on any atom is 0.295 e. The van der Waals surface area contributed by atoms with Crippen molar-refractivity contribution in [1.82, 2.24) is 15.2 Å². The van der Waals surface area contributed by atoms with Crippen LogP contribution in [0.1, 0.15) is 36.2 Å². The number of nitrogens with one attached hydrogen (secondary N) is 2. The molecule has 0 saturated carbocycles. The Hall–Kier alpha value is -2.37. The van der Waals surface area contributed by atoms with Crippen LogP contribution in [0.3, 0.4) is 0 Å². The highest BCUT2D eigenvalue weighted by Gasteiger charge is 2.14. The third kappa shape index (κ3) is 3.04. The summed E-state index contributed by atoms with van der Waals surface area (Å²) >= 11 is 0. The van der Waals surface area contributed by atoms with Crippen LogP contribution in [-0.2, 0) is 6.42 Å². The Morgan fingerprint density at radius 2 is 2.00 bits per heavy atom. The van der Waals surface area contributed by atoms with Crippen LogP contribution >= 0.6 is 0 Å². The molecule has 1 aromatic heterocycles. The summed E-state index contributed by atoms with van der Waals surface area (Å²) in [5, 5.41) is 9.46. The molecule has 2 N–H and O–H groups in total. The second-order valence-corrected chi connectivity index (χ2v) is 5.15. The fourth-order valence-electron chi connectivity index (χ4n) is 2.47. The average molecular weight is 285 g/mol. The van der Waals surface area contributed by atoms with Gasteiger partial charge in [0.25, 0.3) is 5.91 Å². The van der Waals surface area contributed by atoms with Crippen LogP contribution in [0.25, 0.3) is 0 Å². The van der Waals surface area contributed by atoms with Crippen molar-refractivity contribution in [2.75, 3.05) is 23.3 Å². The molecule has 2 aromatic rings. The summed E-state index contributed by atoms with van der Waals surface area (Å²) in [6, 6.07) is 7.91. The van der Waals surface area contributed by atoms with Gasteiger partial charge in [0.1, 0.15) is 5.82 Å². The van der Waals surface area contributed by atoms with Crippen LogP contribution in [0.15, 0.2) is 24.3 Å². The highest BCUT2D eigenvalue weighted by molar-refractivity contribution is 6.01. The molecule has 1 fully saturated rings. The Labute approximate surface area is 123 Å². The Morgan fingerprint density at radius 3 is 2.62 bits per heavy atom. The van der Waals surface area contributed by atoms with Gasteiger partial charge in [-0.1, -0.05) is 6.92 Å². The summed E-state index contributed by atoms with van der Waals surface area (Å²) in [5.41, 5.74) is 1.96. The van der Waals surface area contributed by atoms with Crippen molar-refractivity contribution in [2.45, 2.75) is 26.2 Å². The number of anilines is 2. The maximum absolute atomic E-state index is 12.0. The molecule has 0 unspecified atom stereocenters. The highest BCUT2D eigenvalue weighted by Crippen LogP contribution is 2.22. The molecule has 110 valence electrons. The number of rotatable bonds is 4. The van der Waals surface area contributed by atoms with Gasteiger partial charge in [-0.25, -0.2) is 4.98 Å². The van der Waals surface area contributed by atoms with Crippen molar-refractivity contribution in [3.8, 4) is 0 Å². The number of aromatic nitrogens is 3. The number of benzene rings is 1. The molecule has 1 aliphatic rings. The van der Waals surface area contributed by atoms with E-state index in [1.807, 2.05) is 31.2 Å². The number of carbonyl (C=O) groups excluding carboxylic acids is 1. The first-order valence-electron chi connectivity index (χ1n) is 7.34. The molecule has 3 rings (SSSR count). The molecule has 1 aliphatic heterocycles. The second-order valence-electron chi connectivity index (χ2n) is 5.15. The molecular formula is C15H19N5O. The van der Waals surface area contributed by atoms with E-state index >= 15 is 0 Å². The molecule has 21 heavy (non-hydrogen) atoms. The summed E-state index contributed by atoms with van der Waals surface area (Å²) < 4.78 is 0. The number of H-pyrrole nitrogens is 1. The largest absolute Gasteiger partial charge is 0.372 e. The molecule has 0 radical (unpaired) electrons. The van der Waals surface area contributed by atoms with Gasteiger partial charge in [0.15, 0.2) is 0 Å². The van der Waals surface area contributed by atoms with Crippen LogP contribution in [0.2, 0.25) is 0 Å². The summed E-state index contributed by atoms with van der Waals surface area (Å²) in [6.45, 7) is 4.19. The van der Waals surface area contributed by atoms with Crippen molar-refractivity contribution in [1.29, 1.82) is 0 Å². The fraction of sp³-hybridized carbons (Fsp3) is 0.400. The predicted octanol–water partition coefficient (Wildman–Crippen LogP) is 2.22. The lowest BCUT2D eigenvalue weighted by atomic mass is 10.2. The lowest BCUT2D eigenvalue weighted by molar-refractivity contribution is 0.101. The van der Waals surface area contributed by atoms with Gasteiger partial charge in [-0.3, -0.25) is 9.89 Å². The van der Waals surface area contributed by atoms with Gasteiger partial charge in [-0.2, -0.15) is 0 Å². The van der Waals surface area contributed by atoms with Gasteiger partial charge in [0, 0.05) is 30.9 Å². The summed E-state index contributed by atoms with van der Waals surface area (Å²) in [5.74, 6) is 0.597. The molecule has 0 atom stereocenters. The lowest BCUT2D eigenvalue weighted by Gasteiger charge is -2.17. The summed E-state index contributed by atoms with van der Waals surface area (Å²) in [6.07, 6.45) is 3.23. The van der Waals surface area contributed by atoms with E-state index in [4.69, 9.17) is 0 Å². The first kappa shape index (κ1) is 13.6. The van der Waals surface area contributed by atoms with Gasteiger partial charge >= 0.3 is 0 Å². The first-order valence-corrected chi connectivity index (χ1v) is 7.34. The molecule has 0 aliphatic carbocycles. The minimum atomic E-state index is -0.292. The van der Waals surface area contributed by atoms with Gasteiger partial charge in [0.05, 0.1) is 0 Å². The number of carbonyl (C=O) groups is 1. The minimum Gasteiger partial charge on any atom is -0.372 e. The molecule has 6 nitrogen and oxygen atoms in total. The molecule has 6 heteroatoms. The first-order chi connectivity index (χ1) is 10.3. The molecule has 0 spiro atoms. The molecule has 0 bridgehead atoms. The van der Waals surface area contributed by atoms with E-state index in [-0.39, 0.29) is 11.7 Å². The molecule has 2 heterocycles. The maximum atomic E-state index is 12.0. The van der Waals surface area contributed by atoms with E-state index in [9.17, 15) is 4.79 Å². The van der Waals surface area contributed by atoms with E-state index in [0.29, 0.717) is 5.82 Å². The number of aryl methyl sites for hydroxylation is 1. The number of aromatic amines is 1. The second kappa shape index (κ2) is 5.95. The van der Waals surface area contributed by atoms with E-state index in [0.717, 1.165) is 25.2 Å². The molecular weight excluding hydrogens is 266 g/mol. The van der Waals surface area contributed by atoms with Gasteiger partial charge in [0.2, 0.25) is 5.82 Å². The normalized spacial score (nSPS) is 14.4. The lowest BCUT2D eigenvalue weighted by Crippen LogP contribution is -2.17. The van der Waals surface area contributed by atoms with Crippen molar-refractivity contribution in [2.24, 2.45) is 0 Å². The van der Waals surface area contributed by atoms with E-state index in [1.165, 1.54) is 18.5 Å². The van der Waals surface area contributed by atoms with Gasteiger partial charge in [-0.05, 0) is 37.1 Å². The quantitative estimate of drug-likeness (QED) is 0.903. The SMILES string of the molecule is CCc1nc(C(=O)Nc2ccc(N3CCCC3)cc2)n[nH]1. The molecule has 1 saturated heterocycles. The van der Waals surface area contributed by atoms with Crippen molar-refractivity contribution in [3.63, 3.8) is 0 Å². The van der Waals surface area contributed by atoms with Crippen LogP contribution < -0.4 is 10.2 Å². The summed E-state index contributed by atoms with van der Waals surface area (Å²) in [4.78, 5) is 18.5. The van der Waals surface area contributed by atoms with Crippen LogP contribution in [0.4, 0.5) is 11.4 Å². The Morgan fingerprint density at radius 1 is 1.29 bits per heavy atom. The molecule has 1 aromatic carbocycles. The van der Waals surface area contributed by atoms with Crippen molar-refractivity contribution < 1.29 is 4.79 Å². The van der Waals surface area contributed by atoms with E-state index in [2.05, 4.69) is 25.4 Å². The van der Waals surface area contributed by atoms with Crippen LogP contribution in [-0.4, -0.2) is 34.2 Å². The third-order valence-electron chi connectivity index (χ3n) is 3.67. The zero-order valence-corrected chi connectivity index (χ0v) is 12.1. The van der Waals surface area contributed by atoms with E-state index in [1.54, 1.807) is 0 Å².